The largest absolute Gasteiger partial charge is 0.374 e. The molecular weight excluding hydrogens is 262 g/mol. The number of sulfonamides is 1. The Kier molecular flexibility index (Phi) is 2.06. The van der Waals surface area contributed by atoms with E-state index in [2.05, 4.69) is 16.6 Å². The predicted molar refractivity (Wildman–Crippen MR) is 71.2 cm³/mol. The lowest BCUT2D eigenvalue weighted by Gasteiger charge is -2.45. The van der Waals surface area contributed by atoms with Gasteiger partial charge in [0.2, 0.25) is 10.0 Å². The van der Waals surface area contributed by atoms with Crippen LogP contribution in [0.5, 0.6) is 0 Å². The molecule has 2 aliphatic carbocycles. The van der Waals surface area contributed by atoms with Crippen molar-refractivity contribution in [2.24, 2.45) is 16.7 Å². The highest BCUT2D eigenvalue weighted by Gasteiger charge is 2.85. The quantitative estimate of drug-likeness (QED) is 0.618. The lowest BCUT2D eigenvalue weighted by Crippen LogP contribution is -2.65. The molecule has 3 rings (SSSR count). The summed E-state index contributed by atoms with van der Waals surface area (Å²) in [4.78, 5) is 0. The Balaban J connectivity index is 2.40. The van der Waals surface area contributed by atoms with Crippen molar-refractivity contribution < 1.29 is 13.5 Å². The first kappa shape index (κ1) is 13.0. The Morgan fingerprint density at radius 3 is 2.47 bits per heavy atom. The summed E-state index contributed by atoms with van der Waals surface area (Å²) in [6, 6.07) is 0. The van der Waals surface area contributed by atoms with Gasteiger partial charge >= 0.3 is 0 Å². The van der Waals surface area contributed by atoms with E-state index in [0.29, 0.717) is 12.8 Å². The smallest absolute Gasteiger partial charge is 0.213 e. The van der Waals surface area contributed by atoms with E-state index in [1.54, 1.807) is 0 Å². The molecular formula is C14H17NO3S. The molecule has 1 heterocycles. The summed E-state index contributed by atoms with van der Waals surface area (Å²) in [6.07, 6.45) is 12.6. The molecule has 0 aromatic rings. The van der Waals surface area contributed by atoms with Crippen LogP contribution in [0.25, 0.3) is 0 Å². The lowest BCUT2D eigenvalue weighted by molar-refractivity contribution is -0.0205. The second kappa shape index (κ2) is 3.01. The Bertz CT molecular complexity index is 653. The van der Waals surface area contributed by atoms with E-state index in [1.807, 2.05) is 13.8 Å². The van der Waals surface area contributed by atoms with Gasteiger partial charge in [-0.05, 0) is 18.3 Å². The van der Waals surface area contributed by atoms with E-state index >= 15 is 0 Å². The van der Waals surface area contributed by atoms with Crippen LogP contribution in [-0.4, -0.2) is 30.4 Å². The van der Waals surface area contributed by atoms with Crippen molar-refractivity contribution in [3.63, 3.8) is 0 Å². The molecule has 1 saturated heterocycles. The molecule has 102 valence electrons. The fraction of sp³-hybridized carbons (Fsp3) is 0.714. The standard InChI is InChI=1S/C14H17NO3S/c1-5-13(16)10-7-8-12(11(10,3)4)9-19(17,18)15-14(12,13)6-2/h1-2,10,15-16H,7-9H2,3-4H3/t10-,12-,13+,14-/m0/s1. The van der Waals surface area contributed by atoms with Gasteiger partial charge in [-0.2, -0.15) is 4.72 Å². The molecule has 4 nitrogen and oxygen atoms in total. The van der Waals surface area contributed by atoms with Crippen LogP contribution in [0.4, 0.5) is 0 Å². The molecule has 1 spiro atoms. The van der Waals surface area contributed by atoms with Crippen molar-refractivity contribution in [2.45, 2.75) is 37.8 Å². The number of nitrogens with one attached hydrogen (secondary N) is 1. The Hall–Kier alpha value is -1.01. The van der Waals surface area contributed by atoms with Gasteiger partial charge in [0.25, 0.3) is 0 Å². The number of fused-ring (bicyclic) bond motifs is 1. The van der Waals surface area contributed by atoms with Gasteiger partial charge in [-0.15, -0.1) is 12.8 Å². The fourth-order valence-electron chi connectivity index (χ4n) is 5.06. The zero-order valence-electron chi connectivity index (χ0n) is 11.0. The van der Waals surface area contributed by atoms with Crippen LogP contribution < -0.4 is 4.72 Å². The van der Waals surface area contributed by atoms with Crippen molar-refractivity contribution in [1.82, 2.24) is 4.72 Å². The van der Waals surface area contributed by atoms with Crippen LogP contribution in [0.3, 0.4) is 0 Å². The molecule has 2 N–H and O–H groups in total. The molecule has 0 aromatic heterocycles. The van der Waals surface area contributed by atoms with Gasteiger partial charge in [-0.3, -0.25) is 0 Å². The van der Waals surface area contributed by atoms with Crippen molar-refractivity contribution in [3.05, 3.63) is 0 Å². The summed E-state index contributed by atoms with van der Waals surface area (Å²) >= 11 is 0. The molecule has 0 amide bonds. The summed E-state index contributed by atoms with van der Waals surface area (Å²) < 4.78 is 26.7. The second-order valence-electron chi connectivity index (χ2n) is 6.56. The summed E-state index contributed by atoms with van der Waals surface area (Å²) in [5.41, 5.74) is -4.11. The van der Waals surface area contributed by atoms with Crippen LogP contribution in [0, 0.1) is 41.4 Å². The maximum absolute atomic E-state index is 12.1. The SMILES string of the molecule is C#C[C@]12NS(=O)(=O)C[C@]13CC[C@@H](C3(C)C)[C@]2(O)C#C. The van der Waals surface area contributed by atoms with Gasteiger partial charge in [0.1, 0.15) is 5.54 Å². The minimum absolute atomic E-state index is 0.0578. The molecule has 2 saturated carbocycles. The van der Waals surface area contributed by atoms with Crippen LogP contribution in [-0.2, 0) is 10.0 Å². The number of rotatable bonds is 0. The van der Waals surface area contributed by atoms with E-state index in [1.165, 1.54) is 0 Å². The van der Waals surface area contributed by atoms with E-state index in [4.69, 9.17) is 12.8 Å². The van der Waals surface area contributed by atoms with Gasteiger partial charge < -0.3 is 5.11 Å². The predicted octanol–water partition coefficient (Wildman–Crippen LogP) is 0.0919. The minimum atomic E-state index is -3.52. The van der Waals surface area contributed by atoms with E-state index < -0.39 is 32.0 Å². The number of terminal acetylenes is 2. The van der Waals surface area contributed by atoms with E-state index in [-0.39, 0.29) is 11.7 Å². The monoisotopic (exact) mass is 279 g/mol. The third-order valence-corrected chi connectivity index (χ3v) is 7.43. The zero-order valence-corrected chi connectivity index (χ0v) is 11.8. The number of hydrogen-bond acceptors (Lipinski definition) is 3. The summed E-state index contributed by atoms with van der Waals surface area (Å²) in [7, 11) is -3.52. The maximum Gasteiger partial charge on any atom is 0.213 e. The Labute approximate surface area is 114 Å². The summed E-state index contributed by atoms with van der Waals surface area (Å²) in [6.45, 7) is 3.93. The van der Waals surface area contributed by atoms with Crippen molar-refractivity contribution in [3.8, 4) is 24.7 Å². The van der Waals surface area contributed by atoms with Crippen LogP contribution in [0.1, 0.15) is 26.7 Å². The number of hydrogen-bond donors (Lipinski definition) is 2. The average Bonchev–Trinajstić information content (AvgIpc) is 2.76. The Morgan fingerprint density at radius 1 is 1.32 bits per heavy atom. The first-order valence-corrected chi connectivity index (χ1v) is 7.97. The summed E-state index contributed by atoms with van der Waals surface area (Å²) in [5, 5.41) is 11.0. The minimum Gasteiger partial charge on any atom is -0.374 e. The van der Waals surface area contributed by atoms with Crippen molar-refractivity contribution in [1.29, 1.82) is 0 Å². The zero-order chi connectivity index (χ0) is 14.3. The Morgan fingerprint density at radius 2 is 1.95 bits per heavy atom. The molecule has 5 heteroatoms. The third kappa shape index (κ3) is 0.993. The van der Waals surface area contributed by atoms with Crippen LogP contribution in [0.15, 0.2) is 0 Å². The normalized spacial score (nSPS) is 52.4. The van der Waals surface area contributed by atoms with Crippen molar-refractivity contribution in [2.75, 3.05) is 5.75 Å². The molecule has 3 aliphatic rings. The number of aliphatic hydroxyl groups is 1. The van der Waals surface area contributed by atoms with Gasteiger partial charge in [0, 0.05) is 11.3 Å². The highest BCUT2D eigenvalue weighted by Crippen LogP contribution is 2.75. The highest BCUT2D eigenvalue weighted by atomic mass is 32.2. The van der Waals surface area contributed by atoms with Crippen molar-refractivity contribution >= 4 is 10.0 Å². The molecule has 4 atom stereocenters. The summed E-state index contributed by atoms with van der Waals surface area (Å²) in [5.74, 6) is 4.69. The molecule has 1 aliphatic heterocycles. The van der Waals surface area contributed by atoms with Gasteiger partial charge in [-0.1, -0.05) is 25.7 Å². The molecule has 3 fully saturated rings. The topological polar surface area (TPSA) is 66.4 Å². The van der Waals surface area contributed by atoms with E-state index in [0.717, 1.165) is 0 Å². The molecule has 2 bridgehead atoms. The second-order valence-corrected chi connectivity index (χ2v) is 8.28. The van der Waals surface area contributed by atoms with Crippen LogP contribution >= 0.6 is 0 Å². The molecule has 0 unspecified atom stereocenters. The van der Waals surface area contributed by atoms with Gasteiger partial charge in [0.05, 0.1) is 5.75 Å². The molecule has 0 aromatic carbocycles. The highest BCUT2D eigenvalue weighted by molar-refractivity contribution is 7.89. The maximum atomic E-state index is 12.1. The van der Waals surface area contributed by atoms with Gasteiger partial charge in [0.15, 0.2) is 5.60 Å². The van der Waals surface area contributed by atoms with E-state index in [9.17, 15) is 13.5 Å². The molecule has 19 heavy (non-hydrogen) atoms. The third-order valence-electron chi connectivity index (χ3n) is 5.94. The first-order chi connectivity index (χ1) is 8.62. The first-order valence-electron chi connectivity index (χ1n) is 6.32. The lowest BCUT2D eigenvalue weighted by atomic mass is 9.61. The van der Waals surface area contributed by atoms with Gasteiger partial charge in [-0.25, -0.2) is 8.42 Å². The average molecular weight is 279 g/mol. The van der Waals surface area contributed by atoms with Crippen LogP contribution in [0.2, 0.25) is 0 Å². The fourth-order valence-corrected chi connectivity index (χ4v) is 7.39. The molecule has 0 radical (unpaired) electrons.